The minimum absolute atomic E-state index is 0.151. The maximum atomic E-state index is 13.0. The van der Waals surface area contributed by atoms with Crippen molar-refractivity contribution in [3.8, 4) is 0 Å². The molecule has 0 aliphatic carbocycles. The Morgan fingerprint density at radius 2 is 2.08 bits per heavy atom. The molecule has 134 valence electrons. The van der Waals surface area contributed by atoms with Crippen molar-refractivity contribution in [1.82, 2.24) is 15.3 Å². The van der Waals surface area contributed by atoms with Crippen LogP contribution in [0.1, 0.15) is 40.3 Å². The molecule has 1 unspecified atom stereocenters. The summed E-state index contributed by atoms with van der Waals surface area (Å²) in [6.45, 7) is 4.35. The fourth-order valence-corrected chi connectivity index (χ4v) is 3.00. The summed E-state index contributed by atoms with van der Waals surface area (Å²) in [6.07, 6.45) is 2.62. The topological polar surface area (TPSA) is 64.1 Å². The molecular formula is C21H23N3O2. The summed E-state index contributed by atoms with van der Waals surface area (Å²) in [4.78, 5) is 21.9. The number of carbonyl (C=O) groups is 1. The highest BCUT2D eigenvalue weighted by Crippen LogP contribution is 2.22. The summed E-state index contributed by atoms with van der Waals surface area (Å²) in [7, 11) is 1.61. The SMILES string of the molecule is CCc1ccc2nc(C)cc(C(=O)NC(COC)c3ccccn3)c2c1. The van der Waals surface area contributed by atoms with Gasteiger partial charge in [-0.25, -0.2) is 0 Å². The highest BCUT2D eigenvalue weighted by molar-refractivity contribution is 6.06. The minimum Gasteiger partial charge on any atom is -0.382 e. The van der Waals surface area contributed by atoms with Crippen molar-refractivity contribution in [2.45, 2.75) is 26.3 Å². The molecule has 0 aliphatic rings. The molecule has 2 heterocycles. The molecule has 0 radical (unpaired) electrons. The predicted octanol–water partition coefficient (Wildman–Crippen LogP) is 3.62. The van der Waals surface area contributed by atoms with Gasteiger partial charge in [0.25, 0.3) is 5.91 Å². The third kappa shape index (κ3) is 3.89. The van der Waals surface area contributed by atoms with Gasteiger partial charge in [-0.2, -0.15) is 0 Å². The first-order valence-corrected chi connectivity index (χ1v) is 8.73. The predicted molar refractivity (Wildman–Crippen MR) is 102 cm³/mol. The number of methoxy groups -OCH3 is 1. The number of hydrogen-bond acceptors (Lipinski definition) is 4. The molecule has 26 heavy (non-hydrogen) atoms. The van der Waals surface area contributed by atoms with Crippen LogP contribution in [0.15, 0.2) is 48.7 Å². The van der Waals surface area contributed by atoms with Crippen molar-refractivity contribution in [3.05, 3.63) is 71.2 Å². The van der Waals surface area contributed by atoms with Gasteiger partial charge in [0.1, 0.15) is 0 Å². The number of aromatic nitrogens is 2. The summed E-state index contributed by atoms with van der Waals surface area (Å²) in [5.74, 6) is -0.151. The number of ether oxygens (including phenoxy) is 1. The molecule has 3 rings (SSSR count). The van der Waals surface area contributed by atoms with Gasteiger partial charge in [0.05, 0.1) is 29.4 Å². The lowest BCUT2D eigenvalue weighted by molar-refractivity contribution is 0.0896. The van der Waals surface area contributed by atoms with Gasteiger partial charge in [-0.05, 0) is 49.2 Å². The van der Waals surface area contributed by atoms with Gasteiger partial charge in [-0.15, -0.1) is 0 Å². The molecule has 3 aromatic rings. The molecule has 0 saturated carbocycles. The van der Waals surface area contributed by atoms with Gasteiger partial charge in [0, 0.05) is 24.4 Å². The van der Waals surface area contributed by atoms with E-state index in [9.17, 15) is 4.79 Å². The Hall–Kier alpha value is -2.79. The minimum atomic E-state index is -0.313. The molecule has 1 atom stereocenters. The second kappa shape index (κ2) is 8.06. The summed E-state index contributed by atoms with van der Waals surface area (Å²) < 4.78 is 5.28. The smallest absolute Gasteiger partial charge is 0.252 e. The van der Waals surface area contributed by atoms with E-state index in [1.165, 1.54) is 5.56 Å². The maximum Gasteiger partial charge on any atom is 0.252 e. The maximum absolute atomic E-state index is 13.0. The van der Waals surface area contributed by atoms with E-state index in [0.29, 0.717) is 12.2 Å². The molecule has 0 bridgehead atoms. The van der Waals surface area contributed by atoms with Crippen LogP contribution in [-0.4, -0.2) is 29.6 Å². The quantitative estimate of drug-likeness (QED) is 0.738. The zero-order valence-corrected chi connectivity index (χ0v) is 15.3. The van der Waals surface area contributed by atoms with Gasteiger partial charge in [-0.3, -0.25) is 14.8 Å². The zero-order valence-electron chi connectivity index (χ0n) is 15.3. The Labute approximate surface area is 153 Å². The van der Waals surface area contributed by atoms with Crippen molar-refractivity contribution >= 4 is 16.8 Å². The number of rotatable bonds is 6. The van der Waals surface area contributed by atoms with Crippen molar-refractivity contribution in [1.29, 1.82) is 0 Å². The van der Waals surface area contributed by atoms with Crippen LogP contribution in [0.5, 0.6) is 0 Å². The number of pyridine rings is 2. The van der Waals surface area contributed by atoms with Gasteiger partial charge in [-0.1, -0.05) is 19.1 Å². The molecule has 5 heteroatoms. The number of aryl methyl sites for hydroxylation is 2. The molecule has 1 aromatic carbocycles. The third-order valence-electron chi connectivity index (χ3n) is 4.34. The second-order valence-electron chi connectivity index (χ2n) is 6.25. The Morgan fingerprint density at radius 3 is 2.77 bits per heavy atom. The van der Waals surface area contributed by atoms with E-state index in [1.54, 1.807) is 13.3 Å². The first kappa shape index (κ1) is 18.0. The highest BCUT2D eigenvalue weighted by atomic mass is 16.5. The lowest BCUT2D eigenvalue weighted by atomic mass is 10.0. The van der Waals surface area contributed by atoms with E-state index in [1.807, 2.05) is 43.3 Å². The third-order valence-corrected chi connectivity index (χ3v) is 4.34. The molecule has 0 fully saturated rings. The standard InChI is InChI=1S/C21H23N3O2/c1-4-15-8-9-18-16(12-15)17(11-14(2)23-18)21(25)24-20(13-26-3)19-7-5-6-10-22-19/h5-12,20H,4,13H2,1-3H3,(H,24,25). The molecule has 1 N–H and O–H groups in total. The van der Waals surface area contributed by atoms with Crippen LogP contribution in [0, 0.1) is 6.92 Å². The Bertz CT molecular complexity index is 910. The summed E-state index contributed by atoms with van der Waals surface area (Å²) in [6, 6.07) is 13.2. The number of hydrogen-bond donors (Lipinski definition) is 1. The first-order chi connectivity index (χ1) is 12.6. The largest absolute Gasteiger partial charge is 0.382 e. The van der Waals surface area contributed by atoms with Crippen LogP contribution in [0.3, 0.4) is 0 Å². The van der Waals surface area contributed by atoms with Gasteiger partial charge >= 0.3 is 0 Å². The van der Waals surface area contributed by atoms with E-state index >= 15 is 0 Å². The number of nitrogens with zero attached hydrogens (tertiary/aromatic N) is 2. The summed E-state index contributed by atoms with van der Waals surface area (Å²) >= 11 is 0. The van der Waals surface area contributed by atoms with Crippen LogP contribution in [0.25, 0.3) is 10.9 Å². The lowest BCUT2D eigenvalue weighted by Crippen LogP contribution is -2.32. The number of carbonyl (C=O) groups excluding carboxylic acids is 1. The van der Waals surface area contributed by atoms with Crippen LogP contribution in [0.2, 0.25) is 0 Å². The van der Waals surface area contributed by atoms with E-state index in [-0.39, 0.29) is 11.9 Å². The first-order valence-electron chi connectivity index (χ1n) is 8.73. The van der Waals surface area contributed by atoms with Crippen molar-refractivity contribution < 1.29 is 9.53 Å². The molecule has 2 aromatic heterocycles. The summed E-state index contributed by atoms with van der Waals surface area (Å²) in [5, 5.41) is 3.92. The van der Waals surface area contributed by atoms with Gasteiger partial charge < -0.3 is 10.1 Å². The van der Waals surface area contributed by atoms with E-state index in [0.717, 1.165) is 28.7 Å². The normalized spacial score (nSPS) is 12.1. The van der Waals surface area contributed by atoms with Crippen molar-refractivity contribution in [3.63, 3.8) is 0 Å². The Balaban J connectivity index is 1.98. The molecule has 0 aliphatic heterocycles. The number of amides is 1. The number of nitrogens with one attached hydrogen (secondary N) is 1. The van der Waals surface area contributed by atoms with Gasteiger partial charge in [0.15, 0.2) is 0 Å². The van der Waals surface area contributed by atoms with Crippen molar-refractivity contribution in [2.75, 3.05) is 13.7 Å². The number of benzene rings is 1. The van der Waals surface area contributed by atoms with Crippen LogP contribution < -0.4 is 5.32 Å². The fourth-order valence-electron chi connectivity index (χ4n) is 3.00. The van der Waals surface area contributed by atoms with Crippen molar-refractivity contribution in [2.24, 2.45) is 0 Å². The monoisotopic (exact) mass is 349 g/mol. The van der Waals surface area contributed by atoms with E-state index in [2.05, 4.69) is 28.3 Å². The Morgan fingerprint density at radius 1 is 1.23 bits per heavy atom. The Kier molecular flexibility index (Phi) is 5.58. The highest BCUT2D eigenvalue weighted by Gasteiger charge is 2.19. The second-order valence-corrected chi connectivity index (χ2v) is 6.25. The van der Waals surface area contributed by atoms with Gasteiger partial charge in [0.2, 0.25) is 0 Å². The van der Waals surface area contributed by atoms with Crippen LogP contribution in [0.4, 0.5) is 0 Å². The molecule has 5 nitrogen and oxygen atoms in total. The number of fused-ring (bicyclic) bond motifs is 1. The summed E-state index contributed by atoms with van der Waals surface area (Å²) in [5.41, 5.74) is 4.21. The lowest BCUT2D eigenvalue weighted by Gasteiger charge is -2.18. The van der Waals surface area contributed by atoms with E-state index in [4.69, 9.17) is 4.74 Å². The molecule has 0 saturated heterocycles. The molecule has 0 spiro atoms. The zero-order chi connectivity index (χ0) is 18.5. The van der Waals surface area contributed by atoms with Crippen LogP contribution in [-0.2, 0) is 11.2 Å². The molecule has 1 amide bonds. The molecular weight excluding hydrogens is 326 g/mol. The van der Waals surface area contributed by atoms with Crippen LogP contribution >= 0.6 is 0 Å². The fraction of sp³-hybridized carbons (Fsp3) is 0.286. The average Bonchev–Trinajstić information content (AvgIpc) is 2.67. The van der Waals surface area contributed by atoms with E-state index < -0.39 is 0 Å². The average molecular weight is 349 g/mol.